The first-order valence-electron chi connectivity index (χ1n) is 13.3. The van der Waals surface area contributed by atoms with Crippen molar-refractivity contribution in [1.29, 1.82) is 0 Å². The summed E-state index contributed by atoms with van der Waals surface area (Å²) in [7, 11) is 1.72. The van der Waals surface area contributed by atoms with E-state index in [2.05, 4.69) is 33.5 Å². The Labute approximate surface area is 215 Å². The van der Waals surface area contributed by atoms with Gasteiger partial charge in [0.15, 0.2) is 5.65 Å². The van der Waals surface area contributed by atoms with Crippen LogP contribution in [0.3, 0.4) is 0 Å². The van der Waals surface area contributed by atoms with E-state index < -0.39 is 0 Å². The Morgan fingerprint density at radius 3 is 2.35 bits per heavy atom. The van der Waals surface area contributed by atoms with Gasteiger partial charge in [-0.1, -0.05) is 36.4 Å². The summed E-state index contributed by atoms with van der Waals surface area (Å²) in [5.74, 6) is 1.47. The number of nitrogens with two attached hydrogens (primary N) is 1. The number of nitrogens with zero attached hydrogens (tertiary/aromatic N) is 5. The van der Waals surface area contributed by atoms with Crippen molar-refractivity contribution in [1.82, 2.24) is 29.8 Å². The number of hydrogen-bond acceptors (Lipinski definition) is 5. The van der Waals surface area contributed by atoms with Gasteiger partial charge in [0.2, 0.25) is 0 Å². The molecule has 3 fully saturated rings. The molecule has 2 aliphatic heterocycles. The summed E-state index contributed by atoms with van der Waals surface area (Å²) in [6.07, 6.45) is 10.0. The van der Waals surface area contributed by atoms with Crippen LogP contribution in [0.15, 0.2) is 54.9 Å². The van der Waals surface area contributed by atoms with Crippen LogP contribution in [0, 0.1) is 0 Å². The van der Waals surface area contributed by atoms with Crippen LogP contribution in [-0.4, -0.2) is 49.6 Å². The number of benzene rings is 1. The van der Waals surface area contributed by atoms with Crippen LogP contribution in [0.2, 0.25) is 0 Å². The van der Waals surface area contributed by atoms with Crippen molar-refractivity contribution < 1.29 is 4.79 Å². The molecule has 0 spiro atoms. The van der Waals surface area contributed by atoms with Gasteiger partial charge in [0.25, 0.3) is 0 Å². The van der Waals surface area contributed by atoms with Crippen LogP contribution in [0.1, 0.15) is 61.6 Å². The predicted octanol–water partition coefficient (Wildman–Crippen LogP) is 4.97. The van der Waals surface area contributed by atoms with Gasteiger partial charge in [0, 0.05) is 53.5 Å². The first-order chi connectivity index (χ1) is 18.1. The SMILES string of the molecule is CNC(=O)N1C2CC[C@H]1C[C@@H](c1nc3c(-c4ccc(-c5ccccc5)nc4)cnn3c(N)c1C1CC1)C2. The summed E-state index contributed by atoms with van der Waals surface area (Å²) in [5, 5.41) is 7.49. The summed E-state index contributed by atoms with van der Waals surface area (Å²) in [6, 6.07) is 14.9. The number of piperidine rings is 1. The van der Waals surface area contributed by atoms with E-state index in [1.54, 1.807) is 7.05 Å². The Hall–Kier alpha value is -3.94. The van der Waals surface area contributed by atoms with Crippen molar-refractivity contribution in [2.75, 3.05) is 12.8 Å². The number of carbonyl (C=O) groups is 1. The average Bonchev–Trinajstić information content (AvgIpc) is 3.62. The standard InChI is InChI=1S/C29H31N7O/c1-31-29(37)35-21-10-11-22(35)14-20(13-21)26-25(18-7-8-18)27(30)36-28(34-26)23(16-33-36)19-9-12-24(32-15-19)17-5-3-2-4-6-17/h2-6,9,12,15-16,18,20-22H,7-8,10-11,13-14,30H2,1H3,(H,31,37)/t20-,21+,22?/m1/s1. The quantitative estimate of drug-likeness (QED) is 0.418. The molecule has 8 nitrogen and oxygen atoms in total. The molecule has 1 aliphatic carbocycles. The largest absolute Gasteiger partial charge is 0.383 e. The van der Waals surface area contributed by atoms with Gasteiger partial charge in [-0.15, -0.1) is 0 Å². The van der Waals surface area contributed by atoms with E-state index in [1.807, 2.05) is 41.2 Å². The van der Waals surface area contributed by atoms with Gasteiger partial charge in [-0.25, -0.2) is 9.78 Å². The molecule has 1 unspecified atom stereocenters. The van der Waals surface area contributed by atoms with Crippen molar-refractivity contribution >= 4 is 17.5 Å². The van der Waals surface area contributed by atoms with Gasteiger partial charge in [0.05, 0.1) is 17.6 Å². The zero-order chi connectivity index (χ0) is 25.1. The Morgan fingerprint density at radius 2 is 1.70 bits per heavy atom. The third-order valence-corrected chi connectivity index (χ3v) is 8.45. The van der Waals surface area contributed by atoms with Gasteiger partial charge in [-0.05, 0) is 50.5 Å². The molecule has 3 aromatic heterocycles. The van der Waals surface area contributed by atoms with Crippen LogP contribution in [0.5, 0.6) is 0 Å². The first kappa shape index (κ1) is 22.3. The Bertz CT molecular complexity index is 1460. The molecule has 2 amide bonds. The van der Waals surface area contributed by atoms with Crippen molar-refractivity contribution in [2.45, 2.75) is 62.4 Å². The van der Waals surface area contributed by atoms with Crippen LogP contribution in [0.25, 0.3) is 28.0 Å². The lowest BCUT2D eigenvalue weighted by Gasteiger charge is -2.39. The monoisotopic (exact) mass is 493 g/mol. The minimum Gasteiger partial charge on any atom is -0.383 e. The van der Waals surface area contributed by atoms with E-state index in [0.29, 0.717) is 17.7 Å². The Balaban J connectivity index is 1.28. The number of urea groups is 1. The molecule has 1 aromatic carbocycles. The molecule has 2 bridgehead atoms. The number of pyridine rings is 1. The molecule has 5 heterocycles. The van der Waals surface area contributed by atoms with E-state index in [0.717, 1.165) is 72.3 Å². The van der Waals surface area contributed by atoms with Gasteiger partial charge in [-0.3, -0.25) is 4.98 Å². The molecule has 3 N–H and O–H groups in total. The number of amides is 2. The lowest BCUT2D eigenvalue weighted by Crippen LogP contribution is -2.49. The number of carbonyl (C=O) groups excluding carboxylic acids is 1. The minimum atomic E-state index is 0.0424. The summed E-state index contributed by atoms with van der Waals surface area (Å²) >= 11 is 0. The second-order valence-corrected chi connectivity index (χ2v) is 10.7. The minimum absolute atomic E-state index is 0.0424. The second kappa shape index (κ2) is 8.57. The summed E-state index contributed by atoms with van der Waals surface area (Å²) < 4.78 is 1.81. The normalized spacial score (nSPS) is 22.9. The fourth-order valence-electron chi connectivity index (χ4n) is 6.54. The van der Waals surface area contributed by atoms with E-state index in [1.165, 1.54) is 5.56 Å². The van der Waals surface area contributed by atoms with Crippen molar-refractivity contribution in [3.05, 3.63) is 66.1 Å². The highest BCUT2D eigenvalue weighted by molar-refractivity contribution is 5.79. The smallest absolute Gasteiger partial charge is 0.317 e. The third kappa shape index (κ3) is 3.65. The van der Waals surface area contributed by atoms with Crippen molar-refractivity contribution in [2.24, 2.45) is 0 Å². The molecule has 7 rings (SSSR count). The molecule has 0 radical (unpaired) electrons. The number of rotatable bonds is 4. The van der Waals surface area contributed by atoms with Gasteiger partial charge in [-0.2, -0.15) is 9.61 Å². The fourth-order valence-corrected chi connectivity index (χ4v) is 6.54. The average molecular weight is 494 g/mol. The van der Waals surface area contributed by atoms with Crippen LogP contribution in [-0.2, 0) is 0 Å². The summed E-state index contributed by atoms with van der Waals surface area (Å²) in [6.45, 7) is 0. The van der Waals surface area contributed by atoms with E-state index in [-0.39, 0.29) is 18.1 Å². The van der Waals surface area contributed by atoms with Crippen LogP contribution < -0.4 is 11.1 Å². The third-order valence-electron chi connectivity index (χ3n) is 8.45. The number of fused-ring (bicyclic) bond motifs is 3. The predicted molar refractivity (Wildman–Crippen MR) is 143 cm³/mol. The lowest BCUT2D eigenvalue weighted by molar-refractivity contribution is 0.139. The second-order valence-electron chi connectivity index (χ2n) is 10.7. The highest BCUT2D eigenvalue weighted by Crippen LogP contribution is 2.50. The molecule has 188 valence electrons. The molecule has 3 atom stereocenters. The van der Waals surface area contributed by atoms with Gasteiger partial charge in [0.1, 0.15) is 5.82 Å². The summed E-state index contributed by atoms with van der Waals surface area (Å²) in [4.78, 5) is 24.6. The fraction of sp³-hybridized carbons (Fsp3) is 0.379. The van der Waals surface area contributed by atoms with Crippen molar-refractivity contribution in [3.8, 4) is 22.4 Å². The maximum atomic E-state index is 12.5. The highest BCUT2D eigenvalue weighted by Gasteiger charge is 2.45. The topological polar surface area (TPSA) is 101 Å². The Morgan fingerprint density at radius 1 is 0.946 bits per heavy atom. The van der Waals surface area contributed by atoms with Crippen molar-refractivity contribution in [3.63, 3.8) is 0 Å². The number of nitrogen functional groups attached to an aromatic ring is 1. The van der Waals surface area contributed by atoms with Gasteiger partial charge < -0.3 is 16.0 Å². The molecular weight excluding hydrogens is 462 g/mol. The molecule has 1 saturated carbocycles. The molecule has 4 aromatic rings. The van der Waals surface area contributed by atoms with Crippen LogP contribution >= 0.6 is 0 Å². The number of hydrogen-bond donors (Lipinski definition) is 2. The molecule has 3 aliphatic rings. The number of nitrogens with one attached hydrogen (secondary N) is 1. The zero-order valence-corrected chi connectivity index (χ0v) is 21.0. The first-order valence-corrected chi connectivity index (χ1v) is 13.3. The maximum Gasteiger partial charge on any atom is 0.317 e. The molecule has 8 heteroatoms. The Kier molecular flexibility index (Phi) is 5.16. The van der Waals surface area contributed by atoms with Crippen LogP contribution in [0.4, 0.5) is 10.6 Å². The molecule has 2 saturated heterocycles. The molecular formula is C29H31N7O. The maximum absolute atomic E-state index is 12.5. The van der Waals surface area contributed by atoms with Gasteiger partial charge >= 0.3 is 6.03 Å². The van der Waals surface area contributed by atoms with E-state index in [9.17, 15) is 4.79 Å². The molecule has 37 heavy (non-hydrogen) atoms. The number of aromatic nitrogens is 4. The number of anilines is 1. The zero-order valence-electron chi connectivity index (χ0n) is 21.0. The highest BCUT2D eigenvalue weighted by atomic mass is 16.2. The van der Waals surface area contributed by atoms with E-state index >= 15 is 0 Å². The van der Waals surface area contributed by atoms with E-state index in [4.69, 9.17) is 15.7 Å². The lowest BCUT2D eigenvalue weighted by atomic mass is 9.85. The summed E-state index contributed by atoms with van der Waals surface area (Å²) in [5.41, 5.74) is 13.8.